The van der Waals surface area contributed by atoms with Crippen LogP contribution in [0.1, 0.15) is 18.1 Å². The summed E-state index contributed by atoms with van der Waals surface area (Å²) in [4.78, 5) is 8.52. The normalized spacial score (nSPS) is 10.6. The summed E-state index contributed by atoms with van der Waals surface area (Å²) < 4.78 is 0. The van der Waals surface area contributed by atoms with Gasteiger partial charge in [0.15, 0.2) is 0 Å². The maximum absolute atomic E-state index is 4.27. The molecule has 0 bridgehead atoms. The van der Waals surface area contributed by atoms with Crippen LogP contribution in [0, 0.1) is 6.92 Å². The second-order valence-electron chi connectivity index (χ2n) is 3.18. The lowest BCUT2D eigenvalue weighted by atomic mass is 10.1. The first-order valence-corrected chi connectivity index (χ1v) is 4.51. The molecule has 2 heteroatoms. The van der Waals surface area contributed by atoms with Gasteiger partial charge < -0.3 is 0 Å². The fourth-order valence-corrected chi connectivity index (χ4v) is 1.54. The van der Waals surface area contributed by atoms with Crippen LogP contribution in [0.5, 0.6) is 0 Å². The Labute approximate surface area is 77.6 Å². The van der Waals surface area contributed by atoms with E-state index >= 15 is 0 Å². The molecule has 0 atom stereocenters. The molecule has 2 aromatic rings. The molecule has 2 rings (SSSR count). The minimum absolute atomic E-state index is 0.984. The molecule has 0 saturated carbocycles. The Hall–Kier alpha value is -1.44. The molecular weight excluding hydrogens is 160 g/mol. The molecule has 66 valence electrons. The second-order valence-corrected chi connectivity index (χ2v) is 3.18. The van der Waals surface area contributed by atoms with Crippen LogP contribution in [0.2, 0.25) is 0 Å². The number of hydrogen-bond donors (Lipinski definition) is 0. The molecule has 0 radical (unpaired) electrons. The van der Waals surface area contributed by atoms with Gasteiger partial charge in [0, 0.05) is 12.4 Å². The highest BCUT2D eigenvalue weighted by molar-refractivity contribution is 5.75. The zero-order chi connectivity index (χ0) is 9.26. The predicted octanol–water partition coefficient (Wildman–Crippen LogP) is 2.50. The molecule has 0 unspecified atom stereocenters. The van der Waals surface area contributed by atoms with Crippen molar-refractivity contribution in [1.29, 1.82) is 0 Å². The summed E-state index contributed by atoms with van der Waals surface area (Å²) in [5, 5.41) is 0. The van der Waals surface area contributed by atoms with Gasteiger partial charge in [-0.05, 0) is 36.6 Å². The number of rotatable bonds is 1. The topological polar surface area (TPSA) is 25.8 Å². The van der Waals surface area contributed by atoms with Crippen LogP contribution in [-0.2, 0) is 6.42 Å². The lowest BCUT2D eigenvalue weighted by molar-refractivity contribution is 1.11. The molecule has 0 spiro atoms. The first-order chi connectivity index (χ1) is 6.31. The van der Waals surface area contributed by atoms with Gasteiger partial charge in [0.25, 0.3) is 0 Å². The number of aryl methyl sites for hydroxylation is 2. The summed E-state index contributed by atoms with van der Waals surface area (Å²) in [6.07, 6.45) is 4.52. The van der Waals surface area contributed by atoms with Crippen molar-refractivity contribution in [2.45, 2.75) is 20.3 Å². The van der Waals surface area contributed by atoms with E-state index in [0.29, 0.717) is 0 Å². The van der Waals surface area contributed by atoms with E-state index in [1.54, 1.807) is 12.4 Å². The highest BCUT2D eigenvalue weighted by atomic mass is 14.8. The molecule has 0 N–H and O–H groups in total. The fraction of sp³-hybridized carbons (Fsp3) is 0.273. The Kier molecular flexibility index (Phi) is 1.97. The summed E-state index contributed by atoms with van der Waals surface area (Å²) in [6, 6.07) is 4.22. The van der Waals surface area contributed by atoms with Crippen LogP contribution in [0.15, 0.2) is 24.5 Å². The summed E-state index contributed by atoms with van der Waals surface area (Å²) >= 11 is 0. The molecule has 1 heterocycles. The molecular formula is C11H12N2. The van der Waals surface area contributed by atoms with E-state index in [1.165, 1.54) is 11.1 Å². The number of benzene rings is 1. The average molecular weight is 172 g/mol. The fourth-order valence-electron chi connectivity index (χ4n) is 1.54. The Morgan fingerprint density at radius 2 is 1.69 bits per heavy atom. The van der Waals surface area contributed by atoms with Crippen LogP contribution >= 0.6 is 0 Å². The smallest absolute Gasteiger partial charge is 0.0889 e. The van der Waals surface area contributed by atoms with E-state index < -0.39 is 0 Å². The van der Waals surface area contributed by atoms with Crippen molar-refractivity contribution in [2.75, 3.05) is 0 Å². The number of hydrogen-bond acceptors (Lipinski definition) is 2. The lowest BCUT2D eigenvalue weighted by Crippen LogP contribution is -1.89. The molecule has 2 nitrogen and oxygen atoms in total. The molecule has 1 aromatic heterocycles. The minimum atomic E-state index is 0.984. The van der Waals surface area contributed by atoms with Gasteiger partial charge in [-0.3, -0.25) is 9.97 Å². The summed E-state index contributed by atoms with van der Waals surface area (Å²) in [5.41, 5.74) is 4.63. The monoisotopic (exact) mass is 172 g/mol. The number of nitrogens with zero attached hydrogens (tertiary/aromatic N) is 2. The van der Waals surface area contributed by atoms with Crippen molar-refractivity contribution < 1.29 is 0 Å². The van der Waals surface area contributed by atoms with Crippen molar-refractivity contribution in [2.24, 2.45) is 0 Å². The highest BCUT2D eigenvalue weighted by Crippen LogP contribution is 2.15. The van der Waals surface area contributed by atoms with E-state index in [4.69, 9.17) is 0 Å². The third kappa shape index (κ3) is 1.39. The van der Waals surface area contributed by atoms with Gasteiger partial charge in [-0.25, -0.2) is 0 Å². The predicted molar refractivity (Wildman–Crippen MR) is 53.7 cm³/mol. The first-order valence-electron chi connectivity index (χ1n) is 4.51. The Balaban J connectivity index is 2.74. The standard InChI is InChI=1S/C11H12N2/c1-3-9-7-11-10(6-8(9)2)12-4-5-13-11/h4-7H,3H2,1-2H3. The van der Waals surface area contributed by atoms with Crippen molar-refractivity contribution >= 4 is 11.0 Å². The van der Waals surface area contributed by atoms with Crippen LogP contribution in [-0.4, -0.2) is 9.97 Å². The van der Waals surface area contributed by atoms with Crippen molar-refractivity contribution in [3.05, 3.63) is 35.7 Å². The van der Waals surface area contributed by atoms with Crippen LogP contribution in [0.3, 0.4) is 0 Å². The van der Waals surface area contributed by atoms with Gasteiger partial charge in [-0.2, -0.15) is 0 Å². The molecule has 0 amide bonds. The lowest BCUT2D eigenvalue weighted by Gasteiger charge is -2.03. The summed E-state index contributed by atoms with van der Waals surface area (Å²) in [5.74, 6) is 0. The van der Waals surface area contributed by atoms with Crippen LogP contribution < -0.4 is 0 Å². The minimum Gasteiger partial charge on any atom is -0.253 e. The summed E-state index contributed by atoms with van der Waals surface area (Å²) in [6.45, 7) is 4.28. The quantitative estimate of drug-likeness (QED) is 0.660. The maximum atomic E-state index is 4.27. The Morgan fingerprint density at radius 3 is 2.31 bits per heavy atom. The van der Waals surface area contributed by atoms with E-state index in [1.807, 2.05) is 0 Å². The van der Waals surface area contributed by atoms with E-state index in [9.17, 15) is 0 Å². The van der Waals surface area contributed by atoms with Crippen LogP contribution in [0.4, 0.5) is 0 Å². The van der Waals surface area contributed by atoms with Gasteiger partial charge in [-0.1, -0.05) is 6.92 Å². The van der Waals surface area contributed by atoms with E-state index in [2.05, 4.69) is 35.9 Å². The first kappa shape index (κ1) is 8.17. The van der Waals surface area contributed by atoms with Crippen molar-refractivity contribution in [3.63, 3.8) is 0 Å². The van der Waals surface area contributed by atoms with Crippen molar-refractivity contribution in [1.82, 2.24) is 9.97 Å². The summed E-state index contributed by atoms with van der Waals surface area (Å²) in [7, 11) is 0. The number of aromatic nitrogens is 2. The zero-order valence-electron chi connectivity index (χ0n) is 7.91. The van der Waals surface area contributed by atoms with Gasteiger partial charge in [0.2, 0.25) is 0 Å². The second kappa shape index (κ2) is 3.13. The molecule has 0 fully saturated rings. The average Bonchev–Trinajstić information content (AvgIpc) is 2.17. The van der Waals surface area contributed by atoms with Gasteiger partial charge in [0.1, 0.15) is 0 Å². The molecule has 13 heavy (non-hydrogen) atoms. The van der Waals surface area contributed by atoms with Gasteiger partial charge in [0.05, 0.1) is 11.0 Å². The van der Waals surface area contributed by atoms with E-state index in [-0.39, 0.29) is 0 Å². The van der Waals surface area contributed by atoms with Gasteiger partial charge in [-0.15, -0.1) is 0 Å². The van der Waals surface area contributed by atoms with E-state index in [0.717, 1.165) is 17.5 Å². The SMILES string of the molecule is CCc1cc2nccnc2cc1C. The Bertz CT molecular complexity index is 435. The van der Waals surface area contributed by atoms with Crippen LogP contribution in [0.25, 0.3) is 11.0 Å². The molecule has 0 saturated heterocycles. The number of fused-ring (bicyclic) bond motifs is 1. The highest BCUT2D eigenvalue weighted by Gasteiger charge is 2.00. The molecule has 1 aromatic carbocycles. The zero-order valence-corrected chi connectivity index (χ0v) is 7.91. The van der Waals surface area contributed by atoms with Crippen molar-refractivity contribution in [3.8, 4) is 0 Å². The third-order valence-electron chi connectivity index (χ3n) is 2.31. The largest absolute Gasteiger partial charge is 0.253 e. The molecule has 0 aliphatic rings. The Morgan fingerprint density at radius 1 is 1.08 bits per heavy atom. The van der Waals surface area contributed by atoms with Gasteiger partial charge >= 0.3 is 0 Å². The third-order valence-corrected chi connectivity index (χ3v) is 2.31. The molecule has 0 aliphatic carbocycles. The molecule has 0 aliphatic heterocycles. The maximum Gasteiger partial charge on any atom is 0.0889 e.